The van der Waals surface area contributed by atoms with Crippen molar-refractivity contribution < 1.29 is 33.3 Å². The molecule has 4 aliphatic heterocycles. The zero-order valence-electron chi connectivity index (χ0n) is 12.6. The van der Waals surface area contributed by atoms with E-state index < -0.39 is 0 Å². The van der Waals surface area contributed by atoms with Crippen molar-refractivity contribution in [1.29, 1.82) is 0 Å². The van der Waals surface area contributed by atoms with Gasteiger partial charge < -0.3 is 33.4 Å². The molecule has 3 nitrogen and oxygen atoms in total. The third-order valence-corrected chi connectivity index (χ3v) is 6.63. The summed E-state index contributed by atoms with van der Waals surface area (Å²) in [6.07, 6.45) is 8.72. The van der Waals surface area contributed by atoms with E-state index in [9.17, 15) is 4.79 Å². The first-order chi connectivity index (χ1) is 9.19. The number of halogens is 1. The Labute approximate surface area is 139 Å². The Morgan fingerprint density at radius 2 is 1.85 bits per heavy atom. The lowest BCUT2D eigenvalue weighted by Gasteiger charge is -2.61. The second-order valence-electron chi connectivity index (χ2n) is 7.63. The molecule has 0 radical (unpaired) electrons. The van der Waals surface area contributed by atoms with Gasteiger partial charge in [0.2, 0.25) is 5.91 Å². The summed E-state index contributed by atoms with van der Waals surface area (Å²) in [5.41, 5.74) is 0. The lowest BCUT2D eigenvalue weighted by atomic mass is 9.67. The highest BCUT2D eigenvalue weighted by molar-refractivity contribution is 5.77. The maximum absolute atomic E-state index is 12.3. The van der Waals surface area contributed by atoms with Crippen LogP contribution in [-0.4, -0.2) is 54.1 Å². The molecule has 5 atom stereocenters. The zero-order chi connectivity index (χ0) is 13.0. The Morgan fingerprint density at radius 1 is 1.10 bits per heavy atom. The van der Waals surface area contributed by atoms with Gasteiger partial charge in [-0.25, -0.2) is 0 Å². The van der Waals surface area contributed by atoms with Crippen LogP contribution in [0, 0.1) is 11.8 Å². The normalized spacial score (nSPS) is 47.0. The molecule has 4 heterocycles. The van der Waals surface area contributed by atoms with Gasteiger partial charge in [-0.1, -0.05) is 0 Å². The maximum Gasteiger partial charge on any atom is 0.222 e. The lowest BCUT2D eigenvalue weighted by Crippen LogP contribution is -3.00. The molecule has 0 aromatic carbocycles. The molecule has 1 unspecified atom stereocenters. The molecule has 4 aliphatic rings. The monoisotopic (exact) mass is 390 g/mol. The summed E-state index contributed by atoms with van der Waals surface area (Å²) >= 11 is 0. The predicted octanol–water partition coefficient (Wildman–Crippen LogP) is -0.980. The first kappa shape index (κ1) is 15.1. The van der Waals surface area contributed by atoms with E-state index in [1.165, 1.54) is 49.7 Å². The fourth-order valence-electron chi connectivity index (χ4n) is 5.98. The lowest BCUT2D eigenvalue weighted by molar-refractivity contribution is -0.952. The molecule has 0 aromatic rings. The van der Waals surface area contributed by atoms with E-state index in [2.05, 4.69) is 11.9 Å². The van der Waals surface area contributed by atoms with Crippen molar-refractivity contribution in [2.75, 3.05) is 26.7 Å². The van der Waals surface area contributed by atoms with Gasteiger partial charge in [0, 0.05) is 30.8 Å². The van der Waals surface area contributed by atoms with Crippen LogP contribution in [0.4, 0.5) is 0 Å². The van der Waals surface area contributed by atoms with Crippen molar-refractivity contribution in [3.63, 3.8) is 0 Å². The Balaban J connectivity index is 0.00000121. The molecule has 0 saturated carbocycles. The van der Waals surface area contributed by atoms with Crippen LogP contribution in [0.5, 0.6) is 0 Å². The SMILES string of the molecule is C[N+]12CCC[C@@H]3CN4C(=O)CCC[C@@H]4[C@H](CCC1)[C@@H]32.[I-]. The van der Waals surface area contributed by atoms with Crippen LogP contribution in [-0.2, 0) is 4.79 Å². The number of quaternary nitrogens is 1. The average Bonchev–Trinajstić information content (AvgIpc) is 2.40. The molecular weight excluding hydrogens is 363 g/mol. The van der Waals surface area contributed by atoms with Crippen molar-refractivity contribution in [3.05, 3.63) is 0 Å². The van der Waals surface area contributed by atoms with E-state index in [4.69, 9.17) is 0 Å². The molecular formula is C16H27IN2O. The van der Waals surface area contributed by atoms with Crippen molar-refractivity contribution in [1.82, 2.24) is 4.90 Å². The molecule has 114 valence electrons. The number of carbonyl (C=O) groups excluding carboxylic acids is 1. The zero-order valence-corrected chi connectivity index (χ0v) is 14.7. The first-order valence-corrected chi connectivity index (χ1v) is 8.33. The fourth-order valence-corrected chi connectivity index (χ4v) is 5.98. The number of piperidine rings is 4. The minimum atomic E-state index is 0. The highest BCUT2D eigenvalue weighted by Gasteiger charge is 2.56. The smallest absolute Gasteiger partial charge is 0.222 e. The minimum absolute atomic E-state index is 0. The summed E-state index contributed by atoms with van der Waals surface area (Å²) in [5.74, 6) is 2.06. The highest BCUT2D eigenvalue weighted by atomic mass is 127. The van der Waals surface area contributed by atoms with Crippen LogP contribution in [0.2, 0.25) is 0 Å². The van der Waals surface area contributed by atoms with Gasteiger partial charge in [-0.3, -0.25) is 4.79 Å². The molecule has 0 N–H and O–H groups in total. The standard InChI is InChI=1S/C16H27N2O.HI/c1-18-9-3-5-12-11-17-14(7-2-8-15(17)19)13(16(12)18)6-4-10-18;/h12-14,16H,2-11H2,1H3;1H/q+1;/p-1/t12-,13+,14-,16-,18?;/m1./s1. The molecule has 4 fully saturated rings. The van der Waals surface area contributed by atoms with Crippen LogP contribution in [0.3, 0.4) is 0 Å². The van der Waals surface area contributed by atoms with Crippen LogP contribution < -0.4 is 24.0 Å². The molecule has 4 rings (SSSR count). The van der Waals surface area contributed by atoms with Gasteiger partial charge in [-0.2, -0.15) is 0 Å². The van der Waals surface area contributed by atoms with E-state index in [1.54, 1.807) is 0 Å². The number of hydrogen-bond acceptors (Lipinski definition) is 1. The van der Waals surface area contributed by atoms with Gasteiger partial charge in [0.1, 0.15) is 0 Å². The third kappa shape index (κ3) is 2.13. The number of fused-ring (bicyclic) bond motifs is 2. The van der Waals surface area contributed by atoms with E-state index in [0.29, 0.717) is 11.9 Å². The number of rotatable bonds is 0. The second-order valence-corrected chi connectivity index (χ2v) is 7.63. The van der Waals surface area contributed by atoms with Crippen molar-refractivity contribution in [2.24, 2.45) is 11.8 Å². The van der Waals surface area contributed by atoms with E-state index in [1.807, 2.05) is 0 Å². The number of amides is 1. The van der Waals surface area contributed by atoms with Crippen molar-refractivity contribution >= 4 is 5.91 Å². The molecule has 0 bridgehead atoms. The third-order valence-electron chi connectivity index (χ3n) is 6.63. The number of hydrogen-bond donors (Lipinski definition) is 0. The summed E-state index contributed by atoms with van der Waals surface area (Å²) in [7, 11) is 2.50. The van der Waals surface area contributed by atoms with Gasteiger partial charge in [0.25, 0.3) is 0 Å². The molecule has 1 amide bonds. The number of nitrogens with zero attached hydrogens (tertiary/aromatic N) is 2. The first-order valence-electron chi connectivity index (χ1n) is 8.33. The second kappa shape index (κ2) is 5.41. The van der Waals surface area contributed by atoms with E-state index >= 15 is 0 Å². The molecule has 20 heavy (non-hydrogen) atoms. The minimum Gasteiger partial charge on any atom is -1.00 e. The molecule has 0 aliphatic carbocycles. The molecule has 4 saturated heterocycles. The van der Waals surface area contributed by atoms with E-state index in [-0.39, 0.29) is 24.0 Å². The predicted molar refractivity (Wildman–Crippen MR) is 74.5 cm³/mol. The average molecular weight is 390 g/mol. The Kier molecular flexibility index (Phi) is 4.08. The largest absolute Gasteiger partial charge is 1.00 e. The summed E-state index contributed by atoms with van der Waals surface area (Å²) in [5, 5.41) is 0. The van der Waals surface area contributed by atoms with Gasteiger partial charge in [-0.05, 0) is 38.5 Å². The topological polar surface area (TPSA) is 20.3 Å². The summed E-state index contributed by atoms with van der Waals surface area (Å²) in [4.78, 5) is 14.6. The maximum atomic E-state index is 12.3. The molecule has 0 spiro atoms. The summed E-state index contributed by atoms with van der Waals surface area (Å²) in [6.45, 7) is 3.86. The van der Waals surface area contributed by atoms with Crippen molar-refractivity contribution in [2.45, 2.75) is 57.0 Å². The summed E-state index contributed by atoms with van der Waals surface area (Å²) in [6, 6.07) is 1.47. The van der Waals surface area contributed by atoms with Crippen LogP contribution >= 0.6 is 0 Å². The Bertz CT molecular complexity index is 398. The highest BCUT2D eigenvalue weighted by Crippen LogP contribution is 2.47. The van der Waals surface area contributed by atoms with Crippen LogP contribution in [0.25, 0.3) is 0 Å². The number of carbonyl (C=O) groups is 1. The quantitative estimate of drug-likeness (QED) is 0.385. The van der Waals surface area contributed by atoms with Gasteiger partial charge in [-0.15, -0.1) is 0 Å². The fraction of sp³-hybridized carbons (Fsp3) is 0.938. The Morgan fingerprint density at radius 3 is 2.65 bits per heavy atom. The van der Waals surface area contributed by atoms with E-state index in [0.717, 1.165) is 37.3 Å². The van der Waals surface area contributed by atoms with Crippen LogP contribution in [0.15, 0.2) is 0 Å². The van der Waals surface area contributed by atoms with Crippen molar-refractivity contribution in [3.8, 4) is 0 Å². The molecule has 4 heteroatoms. The van der Waals surface area contributed by atoms with Gasteiger partial charge in [0.15, 0.2) is 0 Å². The molecule has 0 aromatic heterocycles. The van der Waals surface area contributed by atoms with Crippen LogP contribution in [0.1, 0.15) is 44.9 Å². The van der Waals surface area contributed by atoms with Gasteiger partial charge in [0.05, 0.1) is 26.2 Å². The summed E-state index contributed by atoms with van der Waals surface area (Å²) < 4.78 is 1.33. The van der Waals surface area contributed by atoms with Gasteiger partial charge >= 0.3 is 0 Å². The Hall–Kier alpha value is 0.160.